The molecule has 0 bridgehead atoms. The molecule has 0 N–H and O–H groups in total. The lowest BCUT2D eigenvalue weighted by atomic mass is 10.2. The number of aromatic nitrogens is 1. The molecule has 16 heavy (non-hydrogen) atoms. The number of benzene rings is 1. The smallest absolute Gasteiger partial charge is 0.269 e. The first-order chi connectivity index (χ1) is 7.86. The molecule has 1 fully saturated rings. The third kappa shape index (κ3) is 1.40. The van der Waals surface area contributed by atoms with E-state index in [1.807, 2.05) is 35.0 Å². The second-order valence-corrected chi connectivity index (χ2v) is 4.20. The van der Waals surface area contributed by atoms with Crippen LogP contribution in [0.1, 0.15) is 12.8 Å². The number of hydrogen-bond donors (Lipinski definition) is 0. The van der Waals surface area contributed by atoms with Crippen LogP contribution < -0.4 is 10.6 Å². The summed E-state index contributed by atoms with van der Waals surface area (Å²) < 4.78 is 1.82. The van der Waals surface area contributed by atoms with Gasteiger partial charge in [0.25, 0.3) is 5.56 Å². The molecular formula is C13H14N2O. The zero-order chi connectivity index (χ0) is 11.0. The van der Waals surface area contributed by atoms with E-state index in [0.29, 0.717) is 0 Å². The van der Waals surface area contributed by atoms with Crippen LogP contribution in [0.25, 0.3) is 10.9 Å². The molecule has 3 nitrogen and oxygen atoms in total. The van der Waals surface area contributed by atoms with Gasteiger partial charge in [0, 0.05) is 24.5 Å². The maximum absolute atomic E-state index is 11.9. The summed E-state index contributed by atoms with van der Waals surface area (Å²) in [5.41, 5.74) is 1.08. The van der Waals surface area contributed by atoms with Gasteiger partial charge in [0.2, 0.25) is 0 Å². The third-order valence-electron chi connectivity index (χ3n) is 3.14. The quantitative estimate of drug-likeness (QED) is 0.722. The Morgan fingerprint density at radius 1 is 0.938 bits per heavy atom. The van der Waals surface area contributed by atoms with Gasteiger partial charge in [-0.15, -0.1) is 0 Å². The van der Waals surface area contributed by atoms with E-state index in [0.717, 1.165) is 24.0 Å². The van der Waals surface area contributed by atoms with Gasteiger partial charge in [-0.3, -0.25) is 4.79 Å². The van der Waals surface area contributed by atoms with E-state index < -0.39 is 0 Å². The van der Waals surface area contributed by atoms with Gasteiger partial charge in [-0.1, -0.05) is 18.2 Å². The zero-order valence-corrected chi connectivity index (χ0v) is 9.10. The molecule has 2 heterocycles. The molecule has 2 aromatic rings. The molecule has 0 atom stereocenters. The summed E-state index contributed by atoms with van der Waals surface area (Å²) in [4.78, 5) is 11.9. The Morgan fingerprint density at radius 2 is 1.69 bits per heavy atom. The Balaban J connectivity index is 2.27. The Hall–Kier alpha value is -1.77. The fourth-order valence-corrected chi connectivity index (χ4v) is 2.36. The van der Waals surface area contributed by atoms with Crippen LogP contribution in [0.4, 0.5) is 0 Å². The number of hydrogen-bond acceptors (Lipinski definition) is 2. The van der Waals surface area contributed by atoms with Gasteiger partial charge >= 0.3 is 0 Å². The first kappa shape index (κ1) is 9.46. The minimum Gasteiger partial charge on any atom is -0.310 e. The number of nitrogens with zero attached hydrogens (tertiary/aromatic N) is 2. The largest absolute Gasteiger partial charge is 0.310 e. The Morgan fingerprint density at radius 3 is 2.50 bits per heavy atom. The molecule has 1 aliphatic rings. The molecule has 0 radical (unpaired) electrons. The van der Waals surface area contributed by atoms with Gasteiger partial charge < -0.3 is 5.01 Å². The molecule has 82 valence electrons. The summed E-state index contributed by atoms with van der Waals surface area (Å²) in [7, 11) is 0. The van der Waals surface area contributed by atoms with Crippen molar-refractivity contribution in [2.45, 2.75) is 12.8 Å². The summed E-state index contributed by atoms with van der Waals surface area (Å²) >= 11 is 0. The Kier molecular flexibility index (Phi) is 2.17. The van der Waals surface area contributed by atoms with Crippen molar-refractivity contribution in [3.8, 4) is 0 Å². The predicted octanol–water partition coefficient (Wildman–Crippen LogP) is 1.73. The molecule has 3 heteroatoms. The zero-order valence-electron chi connectivity index (χ0n) is 9.10. The highest BCUT2D eigenvalue weighted by molar-refractivity contribution is 5.79. The van der Waals surface area contributed by atoms with Crippen molar-refractivity contribution in [3.63, 3.8) is 0 Å². The minimum absolute atomic E-state index is 0.0700. The van der Waals surface area contributed by atoms with Crippen LogP contribution in [0.5, 0.6) is 0 Å². The molecular weight excluding hydrogens is 200 g/mol. The van der Waals surface area contributed by atoms with Crippen LogP contribution in [-0.2, 0) is 0 Å². The van der Waals surface area contributed by atoms with Gasteiger partial charge in [-0.05, 0) is 25.0 Å². The first-order valence-corrected chi connectivity index (χ1v) is 5.72. The highest BCUT2D eigenvalue weighted by atomic mass is 16.1. The lowest BCUT2D eigenvalue weighted by Crippen LogP contribution is -2.39. The van der Waals surface area contributed by atoms with Crippen molar-refractivity contribution in [1.82, 2.24) is 4.68 Å². The lowest BCUT2D eigenvalue weighted by molar-refractivity contribution is 0.663. The fraction of sp³-hybridized carbons (Fsp3) is 0.308. The molecule has 0 unspecified atom stereocenters. The fourth-order valence-electron chi connectivity index (χ4n) is 2.36. The summed E-state index contributed by atoms with van der Waals surface area (Å²) in [5, 5.41) is 3.26. The molecule has 1 aromatic heterocycles. The number of fused-ring (bicyclic) bond motifs is 1. The third-order valence-corrected chi connectivity index (χ3v) is 3.14. The van der Waals surface area contributed by atoms with Crippen molar-refractivity contribution >= 4 is 10.9 Å². The van der Waals surface area contributed by atoms with Crippen LogP contribution in [0.3, 0.4) is 0 Å². The van der Waals surface area contributed by atoms with E-state index in [1.165, 1.54) is 12.8 Å². The van der Waals surface area contributed by atoms with Gasteiger partial charge in [-0.2, -0.15) is 0 Å². The van der Waals surface area contributed by atoms with Crippen molar-refractivity contribution in [2.75, 3.05) is 18.1 Å². The topological polar surface area (TPSA) is 25.2 Å². The molecule has 3 rings (SSSR count). The maximum Gasteiger partial charge on any atom is 0.269 e. The van der Waals surface area contributed by atoms with Crippen molar-refractivity contribution in [1.29, 1.82) is 0 Å². The highest BCUT2D eigenvalue weighted by Crippen LogP contribution is 2.14. The number of para-hydroxylation sites is 1. The van der Waals surface area contributed by atoms with Gasteiger partial charge in [-0.25, -0.2) is 4.68 Å². The lowest BCUT2D eigenvalue weighted by Gasteiger charge is -2.22. The summed E-state index contributed by atoms with van der Waals surface area (Å²) in [6.07, 6.45) is 2.35. The summed E-state index contributed by atoms with van der Waals surface area (Å²) in [6.45, 7) is 1.96. The van der Waals surface area contributed by atoms with Crippen LogP contribution in [-0.4, -0.2) is 17.8 Å². The van der Waals surface area contributed by atoms with Crippen molar-refractivity contribution in [2.24, 2.45) is 0 Å². The minimum atomic E-state index is 0.0700. The van der Waals surface area contributed by atoms with E-state index in [9.17, 15) is 4.79 Å². The number of pyridine rings is 1. The highest BCUT2D eigenvalue weighted by Gasteiger charge is 2.14. The van der Waals surface area contributed by atoms with Gasteiger partial charge in [0.15, 0.2) is 0 Å². The van der Waals surface area contributed by atoms with E-state index in [4.69, 9.17) is 0 Å². The number of rotatable bonds is 1. The van der Waals surface area contributed by atoms with E-state index in [-0.39, 0.29) is 5.56 Å². The molecule has 0 aliphatic carbocycles. The second-order valence-electron chi connectivity index (χ2n) is 4.20. The van der Waals surface area contributed by atoms with Crippen molar-refractivity contribution in [3.05, 3.63) is 46.8 Å². The van der Waals surface area contributed by atoms with Crippen LogP contribution in [0.15, 0.2) is 41.2 Å². The molecule has 1 aromatic carbocycles. The second kappa shape index (κ2) is 3.67. The standard InChI is InChI=1S/C13H14N2O/c16-13-8-7-11-5-1-2-6-12(11)15(13)14-9-3-4-10-14/h1-2,5-8H,3-4,9-10H2. The average Bonchev–Trinajstić information content (AvgIpc) is 2.82. The van der Waals surface area contributed by atoms with Crippen LogP contribution in [0, 0.1) is 0 Å². The first-order valence-electron chi connectivity index (χ1n) is 5.72. The SMILES string of the molecule is O=c1ccc2ccccc2n1N1CCCC1. The Labute approximate surface area is 93.9 Å². The van der Waals surface area contributed by atoms with Gasteiger partial charge in [0.05, 0.1) is 5.52 Å². The molecule has 0 saturated carbocycles. The normalized spacial score (nSPS) is 15.9. The van der Waals surface area contributed by atoms with Crippen LogP contribution in [0.2, 0.25) is 0 Å². The Bertz CT molecular complexity index is 567. The molecule has 0 amide bonds. The average molecular weight is 214 g/mol. The molecule has 1 saturated heterocycles. The summed E-state index contributed by atoms with van der Waals surface area (Å²) in [6, 6.07) is 11.6. The van der Waals surface area contributed by atoms with Gasteiger partial charge in [0.1, 0.15) is 0 Å². The molecule has 0 spiro atoms. The summed E-state index contributed by atoms with van der Waals surface area (Å²) in [5.74, 6) is 0. The van der Waals surface area contributed by atoms with E-state index in [1.54, 1.807) is 6.07 Å². The van der Waals surface area contributed by atoms with E-state index in [2.05, 4.69) is 5.01 Å². The van der Waals surface area contributed by atoms with Crippen molar-refractivity contribution < 1.29 is 0 Å². The maximum atomic E-state index is 11.9. The van der Waals surface area contributed by atoms with Crippen LogP contribution >= 0.6 is 0 Å². The predicted molar refractivity (Wildman–Crippen MR) is 65.4 cm³/mol. The molecule has 1 aliphatic heterocycles. The van der Waals surface area contributed by atoms with E-state index >= 15 is 0 Å². The monoisotopic (exact) mass is 214 g/mol.